The van der Waals surface area contributed by atoms with E-state index in [2.05, 4.69) is 5.32 Å². The molecule has 0 fully saturated rings. The van der Waals surface area contributed by atoms with Crippen LogP contribution in [-0.2, 0) is 22.6 Å². The number of thioether (sulfide) groups is 1. The van der Waals surface area contributed by atoms with E-state index in [1.54, 1.807) is 23.7 Å². The van der Waals surface area contributed by atoms with Crippen molar-refractivity contribution < 1.29 is 9.59 Å². The van der Waals surface area contributed by atoms with Crippen molar-refractivity contribution in [2.75, 3.05) is 12.8 Å². The molecule has 0 bridgehead atoms. The third-order valence-electron chi connectivity index (χ3n) is 5.11. The summed E-state index contributed by atoms with van der Waals surface area (Å²) in [5.41, 5.74) is 2.01. The Labute approximate surface area is 199 Å². The standard InChI is InChI=1S/C26H27ClN2O2S/c1-28-26(31)24(18-20-8-4-2-5-9-20)29(19-21-10-6-3-7-11-21)25(30)16-17-32-23-14-12-22(27)13-15-23/h2-15,24H,16-19H2,1H3,(H,28,31)/t24-/m1/s1. The minimum Gasteiger partial charge on any atom is -0.357 e. The predicted molar refractivity (Wildman–Crippen MR) is 132 cm³/mol. The summed E-state index contributed by atoms with van der Waals surface area (Å²) in [6.45, 7) is 0.385. The number of halogens is 1. The molecule has 0 unspecified atom stereocenters. The first-order valence-corrected chi connectivity index (χ1v) is 11.9. The Morgan fingerprint density at radius 2 is 1.50 bits per heavy atom. The minimum absolute atomic E-state index is 0.0418. The Hall–Kier alpha value is -2.76. The van der Waals surface area contributed by atoms with Crippen LogP contribution in [0.2, 0.25) is 5.02 Å². The largest absolute Gasteiger partial charge is 0.357 e. The lowest BCUT2D eigenvalue weighted by Gasteiger charge is -2.31. The number of carbonyl (C=O) groups excluding carboxylic acids is 2. The zero-order chi connectivity index (χ0) is 22.8. The zero-order valence-corrected chi connectivity index (χ0v) is 19.6. The fraction of sp³-hybridized carbons (Fsp3) is 0.231. The molecule has 1 atom stereocenters. The number of benzene rings is 3. The van der Waals surface area contributed by atoms with E-state index in [0.29, 0.717) is 30.2 Å². The van der Waals surface area contributed by atoms with Gasteiger partial charge in [-0.1, -0.05) is 72.3 Å². The highest BCUT2D eigenvalue weighted by Crippen LogP contribution is 2.22. The lowest BCUT2D eigenvalue weighted by molar-refractivity contribution is -0.140. The molecule has 6 heteroatoms. The summed E-state index contributed by atoms with van der Waals surface area (Å²) in [5.74, 6) is 0.417. The molecule has 0 heterocycles. The monoisotopic (exact) mass is 466 g/mol. The summed E-state index contributed by atoms with van der Waals surface area (Å²) in [7, 11) is 1.61. The van der Waals surface area contributed by atoms with Gasteiger partial charge in [-0.2, -0.15) is 0 Å². The fourth-order valence-corrected chi connectivity index (χ4v) is 4.40. The highest BCUT2D eigenvalue weighted by molar-refractivity contribution is 7.99. The van der Waals surface area contributed by atoms with Crippen molar-refractivity contribution in [1.29, 1.82) is 0 Å². The van der Waals surface area contributed by atoms with Crippen molar-refractivity contribution in [1.82, 2.24) is 10.2 Å². The Bertz CT molecular complexity index is 997. The number of hydrogen-bond donors (Lipinski definition) is 1. The first-order chi connectivity index (χ1) is 15.6. The van der Waals surface area contributed by atoms with Crippen molar-refractivity contribution in [2.24, 2.45) is 0 Å². The number of hydrogen-bond acceptors (Lipinski definition) is 3. The molecule has 0 saturated heterocycles. The summed E-state index contributed by atoms with van der Waals surface area (Å²) < 4.78 is 0. The molecule has 0 aliphatic carbocycles. The van der Waals surface area contributed by atoms with Crippen LogP contribution >= 0.6 is 23.4 Å². The van der Waals surface area contributed by atoms with Crippen LogP contribution in [0.15, 0.2) is 89.8 Å². The van der Waals surface area contributed by atoms with Crippen LogP contribution in [0.5, 0.6) is 0 Å². The van der Waals surface area contributed by atoms with Gasteiger partial charge in [-0.05, 0) is 35.4 Å². The second-order valence-corrected chi connectivity index (χ2v) is 8.98. The topological polar surface area (TPSA) is 49.4 Å². The number of nitrogens with zero attached hydrogens (tertiary/aromatic N) is 1. The van der Waals surface area contributed by atoms with Crippen LogP contribution in [0.3, 0.4) is 0 Å². The molecule has 0 spiro atoms. The minimum atomic E-state index is -0.587. The highest BCUT2D eigenvalue weighted by Gasteiger charge is 2.29. The number of amides is 2. The highest BCUT2D eigenvalue weighted by atomic mass is 35.5. The second kappa shape index (κ2) is 12.3. The Kier molecular flexibility index (Phi) is 9.20. The van der Waals surface area contributed by atoms with Gasteiger partial charge in [0.2, 0.25) is 11.8 Å². The molecule has 0 radical (unpaired) electrons. The van der Waals surface area contributed by atoms with Crippen LogP contribution in [0.1, 0.15) is 17.5 Å². The molecule has 3 rings (SSSR count). The van der Waals surface area contributed by atoms with Gasteiger partial charge in [0.05, 0.1) is 0 Å². The van der Waals surface area contributed by atoms with E-state index in [0.717, 1.165) is 16.0 Å². The smallest absolute Gasteiger partial charge is 0.242 e. The first kappa shape index (κ1) is 23.9. The van der Waals surface area contributed by atoms with Gasteiger partial charge >= 0.3 is 0 Å². The van der Waals surface area contributed by atoms with E-state index in [1.165, 1.54) is 0 Å². The predicted octanol–water partition coefficient (Wildman–Crippen LogP) is 5.21. The van der Waals surface area contributed by atoms with Crippen LogP contribution < -0.4 is 5.32 Å². The van der Waals surface area contributed by atoms with Gasteiger partial charge < -0.3 is 10.2 Å². The Morgan fingerprint density at radius 3 is 2.09 bits per heavy atom. The summed E-state index contributed by atoms with van der Waals surface area (Å²) in [5, 5.41) is 3.43. The van der Waals surface area contributed by atoms with Crippen molar-refractivity contribution in [3.8, 4) is 0 Å². The SMILES string of the molecule is CNC(=O)[C@@H](Cc1ccccc1)N(Cc1ccccc1)C(=O)CCSc1ccc(Cl)cc1. The van der Waals surface area contributed by atoms with Gasteiger partial charge in [-0.3, -0.25) is 9.59 Å². The summed E-state index contributed by atoms with van der Waals surface area (Å²) >= 11 is 7.56. The maximum atomic E-state index is 13.4. The lowest BCUT2D eigenvalue weighted by atomic mass is 10.0. The molecule has 3 aromatic rings. The normalized spacial score (nSPS) is 11.6. The van der Waals surface area contributed by atoms with Crippen LogP contribution in [0.4, 0.5) is 0 Å². The average molecular weight is 467 g/mol. The fourth-order valence-electron chi connectivity index (χ4n) is 3.43. The number of likely N-dealkylation sites (N-methyl/N-ethyl adjacent to an activating group) is 1. The van der Waals surface area contributed by atoms with E-state index in [-0.39, 0.29) is 11.8 Å². The van der Waals surface area contributed by atoms with E-state index in [9.17, 15) is 9.59 Å². The Morgan fingerprint density at radius 1 is 0.906 bits per heavy atom. The first-order valence-electron chi connectivity index (χ1n) is 10.5. The van der Waals surface area contributed by atoms with Gasteiger partial charge in [0.1, 0.15) is 6.04 Å². The molecule has 0 aliphatic heterocycles. The molecule has 2 amide bonds. The molecule has 4 nitrogen and oxygen atoms in total. The molecule has 0 aromatic heterocycles. The molecule has 1 N–H and O–H groups in total. The quantitative estimate of drug-likeness (QED) is 0.417. The second-order valence-electron chi connectivity index (χ2n) is 7.38. The maximum Gasteiger partial charge on any atom is 0.242 e. The number of nitrogens with one attached hydrogen (secondary N) is 1. The van der Waals surface area contributed by atoms with E-state index >= 15 is 0 Å². The summed E-state index contributed by atoms with van der Waals surface area (Å²) in [6.07, 6.45) is 0.797. The maximum absolute atomic E-state index is 13.4. The third-order valence-corrected chi connectivity index (χ3v) is 6.38. The average Bonchev–Trinajstić information content (AvgIpc) is 2.83. The molecule has 166 valence electrons. The van der Waals surface area contributed by atoms with Gasteiger partial charge in [0.15, 0.2) is 0 Å². The number of carbonyl (C=O) groups is 2. The van der Waals surface area contributed by atoms with Crippen molar-refractivity contribution in [3.63, 3.8) is 0 Å². The summed E-state index contributed by atoms with van der Waals surface area (Å²) in [4.78, 5) is 29.0. The van der Waals surface area contributed by atoms with Crippen molar-refractivity contribution in [2.45, 2.75) is 30.3 Å². The van der Waals surface area contributed by atoms with Gasteiger partial charge in [-0.25, -0.2) is 0 Å². The van der Waals surface area contributed by atoms with Crippen LogP contribution in [0, 0.1) is 0 Å². The van der Waals surface area contributed by atoms with Gasteiger partial charge in [0.25, 0.3) is 0 Å². The number of rotatable bonds is 10. The van der Waals surface area contributed by atoms with E-state index < -0.39 is 6.04 Å². The molecule has 0 aliphatic rings. The lowest BCUT2D eigenvalue weighted by Crippen LogP contribution is -2.49. The third kappa shape index (κ3) is 7.14. The summed E-state index contributed by atoms with van der Waals surface area (Å²) in [6, 6.07) is 26.6. The molecule has 0 saturated carbocycles. The van der Waals surface area contributed by atoms with Gasteiger partial charge in [-0.15, -0.1) is 11.8 Å². The zero-order valence-electron chi connectivity index (χ0n) is 18.0. The van der Waals surface area contributed by atoms with Crippen LogP contribution in [-0.4, -0.2) is 35.6 Å². The molecular formula is C26H27ClN2O2S. The van der Waals surface area contributed by atoms with Crippen molar-refractivity contribution >= 4 is 35.2 Å². The van der Waals surface area contributed by atoms with Crippen molar-refractivity contribution in [3.05, 3.63) is 101 Å². The molecule has 3 aromatic carbocycles. The Balaban J connectivity index is 1.77. The van der Waals surface area contributed by atoms with E-state index in [4.69, 9.17) is 11.6 Å². The van der Waals surface area contributed by atoms with E-state index in [1.807, 2.05) is 84.9 Å². The molecule has 32 heavy (non-hydrogen) atoms. The molecular weight excluding hydrogens is 440 g/mol. The van der Waals surface area contributed by atoms with Gasteiger partial charge in [0, 0.05) is 42.1 Å². The van der Waals surface area contributed by atoms with Crippen LogP contribution in [0.25, 0.3) is 0 Å².